The Hall–Kier alpha value is -1.66. The van der Waals surface area contributed by atoms with Gasteiger partial charge in [0.05, 0.1) is 6.54 Å². The molecular weight excluding hydrogens is 328 g/mol. The molecule has 2 rings (SSSR count). The highest BCUT2D eigenvalue weighted by Gasteiger charge is 2.19. The van der Waals surface area contributed by atoms with Gasteiger partial charge in [-0.3, -0.25) is 4.79 Å². The van der Waals surface area contributed by atoms with Gasteiger partial charge in [0, 0.05) is 18.8 Å². The number of rotatable bonds is 7. The molecule has 0 aliphatic heterocycles. The maximum absolute atomic E-state index is 12.5. The fourth-order valence-corrected chi connectivity index (χ4v) is 3.82. The van der Waals surface area contributed by atoms with E-state index in [9.17, 15) is 4.79 Å². The van der Waals surface area contributed by atoms with E-state index >= 15 is 0 Å². The topological polar surface area (TPSA) is 34.5 Å². The molecule has 0 atom stereocenters. The Balaban J connectivity index is 2.09. The molecule has 1 amide bonds. The first-order chi connectivity index (χ1) is 11.1. The van der Waals surface area contributed by atoms with Crippen molar-refractivity contribution in [3.8, 4) is 5.75 Å². The molecule has 0 saturated heterocycles. The molecule has 0 radical (unpaired) electrons. The summed E-state index contributed by atoms with van der Waals surface area (Å²) < 4.78 is 8.42. The minimum absolute atomic E-state index is 0.0614. The van der Waals surface area contributed by atoms with Gasteiger partial charge in [-0.1, -0.05) is 29.5 Å². The van der Waals surface area contributed by atoms with E-state index in [0.717, 1.165) is 20.3 Å². The van der Waals surface area contributed by atoms with E-state index in [-0.39, 0.29) is 5.91 Å². The highest BCUT2D eigenvalue weighted by atomic mass is 32.1. The van der Waals surface area contributed by atoms with E-state index in [1.54, 1.807) is 0 Å². The van der Waals surface area contributed by atoms with E-state index in [1.807, 2.05) is 60.6 Å². The van der Waals surface area contributed by atoms with Crippen LogP contribution in [0.5, 0.6) is 5.75 Å². The lowest BCUT2D eigenvalue weighted by Crippen LogP contribution is -2.30. The van der Waals surface area contributed by atoms with Crippen molar-refractivity contribution in [3.05, 3.63) is 44.9 Å². The van der Waals surface area contributed by atoms with Crippen LogP contribution in [0, 0.1) is 10.9 Å². The molecule has 6 heteroatoms. The average molecular weight is 351 g/mol. The van der Waals surface area contributed by atoms with Crippen molar-refractivity contribution in [2.24, 2.45) is 0 Å². The summed E-state index contributed by atoms with van der Waals surface area (Å²) in [7, 11) is 0. The van der Waals surface area contributed by atoms with Gasteiger partial charge in [-0.2, -0.15) is 0 Å². The molecule has 1 heterocycles. The van der Waals surface area contributed by atoms with Crippen LogP contribution in [-0.4, -0.2) is 35.1 Å². The number of hydrogen-bond acceptors (Lipinski definition) is 4. The van der Waals surface area contributed by atoms with Crippen molar-refractivity contribution >= 4 is 29.5 Å². The number of hydrogen-bond donors (Lipinski definition) is 0. The first-order valence-electron chi connectivity index (χ1n) is 7.75. The summed E-state index contributed by atoms with van der Waals surface area (Å²) in [5.74, 6) is 0.901. The van der Waals surface area contributed by atoms with Crippen molar-refractivity contribution in [1.29, 1.82) is 0 Å². The smallest absolute Gasteiger partial charge is 0.265 e. The fraction of sp³-hybridized carbons (Fsp3) is 0.412. The van der Waals surface area contributed by atoms with Crippen LogP contribution < -0.4 is 4.74 Å². The van der Waals surface area contributed by atoms with Gasteiger partial charge in [0.2, 0.25) is 0 Å². The van der Waals surface area contributed by atoms with Crippen molar-refractivity contribution in [1.82, 2.24) is 9.47 Å². The minimum Gasteiger partial charge on any atom is -0.492 e. The van der Waals surface area contributed by atoms with Gasteiger partial charge >= 0.3 is 0 Å². The van der Waals surface area contributed by atoms with Gasteiger partial charge < -0.3 is 14.2 Å². The Bertz CT molecular complexity index is 703. The van der Waals surface area contributed by atoms with Crippen LogP contribution in [0.25, 0.3) is 0 Å². The summed E-state index contributed by atoms with van der Waals surface area (Å²) in [4.78, 5) is 15.1. The minimum atomic E-state index is 0.0614. The van der Waals surface area contributed by atoms with E-state index < -0.39 is 0 Å². The molecule has 23 heavy (non-hydrogen) atoms. The molecule has 0 aliphatic rings. The Morgan fingerprint density at radius 1 is 1.26 bits per heavy atom. The zero-order valence-corrected chi connectivity index (χ0v) is 15.4. The SMILES string of the molecule is CCN(CC)C(=O)c1sc(=S)n(CCOc2ccccc2)c1C. The predicted molar refractivity (Wildman–Crippen MR) is 97.1 cm³/mol. The lowest BCUT2D eigenvalue weighted by molar-refractivity contribution is 0.0776. The Morgan fingerprint density at radius 2 is 1.91 bits per heavy atom. The second-order valence-electron chi connectivity index (χ2n) is 5.07. The summed E-state index contributed by atoms with van der Waals surface area (Å²) >= 11 is 6.81. The molecule has 0 spiro atoms. The van der Waals surface area contributed by atoms with Crippen LogP contribution in [0.4, 0.5) is 0 Å². The highest BCUT2D eigenvalue weighted by molar-refractivity contribution is 7.73. The lowest BCUT2D eigenvalue weighted by atomic mass is 10.3. The number of para-hydroxylation sites is 1. The third-order valence-corrected chi connectivity index (χ3v) is 5.25. The van der Waals surface area contributed by atoms with Crippen molar-refractivity contribution < 1.29 is 9.53 Å². The second kappa shape index (κ2) is 8.26. The van der Waals surface area contributed by atoms with Gasteiger partial charge in [-0.25, -0.2) is 0 Å². The van der Waals surface area contributed by atoms with Crippen molar-refractivity contribution in [2.45, 2.75) is 27.3 Å². The fourth-order valence-electron chi connectivity index (χ4n) is 2.36. The molecule has 1 aromatic carbocycles. The molecule has 124 valence electrons. The molecule has 0 bridgehead atoms. The van der Waals surface area contributed by atoms with Crippen molar-refractivity contribution in [2.75, 3.05) is 19.7 Å². The summed E-state index contributed by atoms with van der Waals surface area (Å²) in [5, 5.41) is 0. The van der Waals surface area contributed by atoms with Crippen LogP contribution in [0.2, 0.25) is 0 Å². The van der Waals surface area contributed by atoms with Gasteiger partial charge in [0.25, 0.3) is 5.91 Å². The van der Waals surface area contributed by atoms with Crippen LogP contribution in [-0.2, 0) is 6.54 Å². The first-order valence-corrected chi connectivity index (χ1v) is 8.98. The molecule has 0 unspecified atom stereocenters. The lowest BCUT2D eigenvalue weighted by Gasteiger charge is -2.18. The Labute approximate surface area is 146 Å². The largest absolute Gasteiger partial charge is 0.492 e. The Kier molecular flexibility index (Phi) is 6.36. The number of thiazole rings is 1. The maximum atomic E-state index is 12.5. The van der Waals surface area contributed by atoms with E-state index in [1.165, 1.54) is 11.3 Å². The van der Waals surface area contributed by atoms with Crippen molar-refractivity contribution in [3.63, 3.8) is 0 Å². The summed E-state index contributed by atoms with van der Waals surface area (Å²) in [6, 6.07) is 9.69. The molecule has 0 aliphatic carbocycles. The zero-order valence-electron chi connectivity index (χ0n) is 13.7. The normalized spacial score (nSPS) is 10.6. The van der Waals surface area contributed by atoms with Gasteiger partial charge in [0.15, 0.2) is 3.95 Å². The van der Waals surface area contributed by atoms with E-state index in [2.05, 4.69) is 0 Å². The van der Waals surface area contributed by atoms with Crippen LogP contribution in [0.1, 0.15) is 29.2 Å². The van der Waals surface area contributed by atoms with E-state index in [4.69, 9.17) is 17.0 Å². The number of nitrogens with zero attached hydrogens (tertiary/aromatic N) is 2. The van der Waals surface area contributed by atoms with Gasteiger partial charge in [-0.05, 0) is 45.1 Å². The molecular formula is C17H22N2O2S2. The third kappa shape index (κ3) is 4.20. The number of benzene rings is 1. The number of aromatic nitrogens is 1. The monoisotopic (exact) mass is 350 g/mol. The first kappa shape index (κ1) is 17.7. The summed E-state index contributed by atoms with van der Waals surface area (Å²) in [6.45, 7) is 8.50. The van der Waals surface area contributed by atoms with E-state index in [0.29, 0.717) is 26.2 Å². The van der Waals surface area contributed by atoms with Crippen LogP contribution in [0.15, 0.2) is 30.3 Å². The molecule has 0 fully saturated rings. The molecule has 0 N–H and O–H groups in total. The van der Waals surface area contributed by atoms with Crippen LogP contribution >= 0.6 is 23.6 Å². The quantitative estimate of drug-likeness (QED) is 0.704. The molecule has 1 aromatic heterocycles. The predicted octanol–water partition coefficient (Wildman–Crippen LogP) is 4.15. The number of amides is 1. The number of ether oxygens (including phenoxy) is 1. The number of carbonyl (C=O) groups is 1. The van der Waals surface area contributed by atoms with Gasteiger partial charge in [0.1, 0.15) is 17.2 Å². The maximum Gasteiger partial charge on any atom is 0.265 e. The second-order valence-corrected chi connectivity index (χ2v) is 6.72. The number of carbonyl (C=O) groups excluding carboxylic acids is 1. The standard InChI is InChI=1S/C17H22N2O2S2/c1-4-18(5-2)16(20)15-13(3)19(17(22)23-15)11-12-21-14-9-7-6-8-10-14/h6-10H,4-5,11-12H2,1-3H3. The molecule has 4 nitrogen and oxygen atoms in total. The van der Waals surface area contributed by atoms with Crippen LogP contribution in [0.3, 0.4) is 0 Å². The highest BCUT2D eigenvalue weighted by Crippen LogP contribution is 2.21. The zero-order chi connectivity index (χ0) is 16.8. The van der Waals surface area contributed by atoms with Gasteiger partial charge in [-0.15, -0.1) is 0 Å². The Morgan fingerprint density at radius 3 is 2.52 bits per heavy atom. The molecule has 0 saturated carbocycles. The summed E-state index contributed by atoms with van der Waals surface area (Å²) in [6.07, 6.45) is 0. The third-order valence-electron chi connectivity index (χ3n) is 3.71. The molecule has 2 aromatic rings. The average Bonchev–Trinajstić information content (AvgIpc) is 2.85. The summed E-state index contributed by atoms with van der Waals surface area (Å²) in [5.41, 5.74) is 0.925.